The summed E-state index contributed by atoms with van der Waals surface area (Å²) in [6.07, 6.45) is 2.86. The van der Waals surface area contributed by atoms with Crippen LogP contribution in [0.2, 0.25) is 0 Å². The fraction of sp³-hybridized carbons (Fsp3) is 0.611. The minimum atomic E-state index is -0.163. The summed E-state index contributed by atoms with van der Waals surface area (Å²) in [6.45, 7) is 8.48. The summed E-state index contributed by atoms with van der Waals surface area (Å²) >= 11 is 0. The van der Waals surface area contributed by atoms with Crippen molar-refractivity contribution in [1.29, 1.82) is 0 Å². The van der Waals surface area contributed by atoms with Gasteiger partial charge in [0.25, 0.3) is 0 Å². The first-order valence-electron chi connectivity index (χ1n) is 8.60. The van der Waals surface area contributed by atoms with E-state index in [2.05, 4.69) is 17.1 Å². The van der Waals surface area contributed by atoms with Crippen LogP contribution in [0.25, 0.3) is 0 Å². The number of carbonyl (C=O) groups excluding carboxylic acids is 1. The van der Waals surface area contributed by atoms with Crippen molar-refractivity contribution in [2.75, 3.05) is 32.7 Å². The van der Waals surface area contributed by atoms with E-state index >= 15 is 0 Å². The zero-order valence-corrected chi connectivity index (χ0v) is 14.2. The van der Waals surface area contributed by atoms with Crippen LogP contribution < -0.4 is 5.32 Å². The fourth-order valence-corrected chi connectivity index (χ4v) is 2.78. The van der Waals surface area contributed by atoms with Crippen molar-refractivity contribution in [3.8, 4) is 0 Å². The summed E-state index contributed by atoms with van der Waals surface area (Å²) in [5.74, 6) is -0.163. The number of rotatable bonds is 6. The van der Waals surface area contributed by atoms with Gasteiger partial charge in [-0.15, -0.1) is 0 Å². The third-order valence-electron chi connectivity index (χ3n) is 4.47. The molecular weight excluding hydrogens is 293 g/mol. The van der Waals surface area contributed by atoms with Gasteiger partial charge in [0.05, 0.1) is 0 Å². The monoisotopic (exact) mass is 321 g/mol. The second-order valence-corrected chi connectivity index (χ2v) is 6.32. The molecule has 1 saturated heterocycles. The number of piperazine rings is 1. The topological polar surface area (TPSA) is 35.6 Å². The van der Waals surface area contributed by atoms with Crippen LogP contribution in [0.15, 0.2) is 24.3 Å². The fourth-order valence-electron chi connectivity index (χ4n) is 2.78. The van der Waals surface area contributed by atoms with E-state index < -0.39 is 0 Å². The molecule has 1 aliphatic heterocycles. The molecule has 0 aliphatic carbocycles. The molecule has 1 heterocycles. The molecule has 1 aromatic rings. The highest BCUT2D eigenvalue weighted by atomic mass is 19.1. The molecule has 0 aromatic heterocycles. The minimum absolute atomic E-state index is 0.0544. The number of hydrogen-bond acceptors (Lipinski definition) is 2. The summed E-state index contributed by atoms with van der Waals surface area (Å²) in [4.78, 5) is 16.3. The molecule has 1 N–H and O–H groups in total. The van der Waals surface area contributed by atoms with Crippen molar-refractivity contribution in [3.63, 3.8) is 0 Å². The lowest BCUT2D eigenvalue weighted by molar-refractivity contribution is 0.136. The maximum absolute atomic E-state index is 13.1. The Kier molecular flexibility index (Phi) is 6.84. The second-order valence-electron chi connectivity index (χ2n) is 6.32. The van der Waals surface area contributed by atoms with Gasteiger partial charge in [0.1, 0.15) is 5.82 Å². The number of carbonyl (C=O) groups is 1. The summed E-state index contributed by atoms with van der Waals surface area (Å²) in [7, 11) is 0. The van der Waals surface area contributed by atoms with Crippen LogP contribution in [-0.4, -0.2) is 54.6 Å². The van der Waals surface area contributed by atoms with Gasteiger partial charge in [-0.25, -0.2) is 9.18 Å². The van der Waals surface area contributed by atoms with Crippen LogP contribution in [0.3, 0.4) is 0 Å². The molecule has 128 valence electrons. The Hall–Kier alpha value is -1.62. The third kappa shape index (κ3) is 5.82. The summed E-state index contributed by atoms with van der Waals surface area (Å²) in [6, 6.07) is 7.11. The maximum Gasteiger partial charge on any atom is 0.317 e. The van der Waals surface area contributed by atoms with Gasteiger partial charge in [-0.1, -0.05) is 19.1 Å². The van der Waals surface area contributed by atoms with Crippen LogP contribution >= 0.6 is 0 Å². The number of urea groups is 1. The summed E-state index contributed by atoms with van der Waals surface area (Å²) < 4.78 is 13.1. The number of benzene rings is 1. The Balaban J connectivity index is 1.66. The molecule has 0 bridgehead atoms. The lowest BCUT2D eigenvalue weighted by atomic mass is 10.1. The molecule has 0 radical (unpaired) electrons. The number of hydrogen-bond donors (Lipinski definition) is 1. The van der Waals surface area contributed by atoms with Crippen LogP contribution in [-0.2, 0) is 6.42 Å². The Morgan fingerprint density at radius 1 is 1.30 bits per heavy atom. The van der Waals surface area contributed by atoms with Gasteiger partial charge >= 0.3 is 6.03 Å². The number of halogens is 1. The first kappa shape index (κ1) is 17.7. The molecule has 1 unspecified atom stereocenters. The minimum Gasteiger partial charge on any atom is -0.336 e. The summed E-state index contributed by atoms with van der Waals surface area (Å²) in [5.41, 5.74) is 1.05. The molecule has 1 atom stereocenters. The van der Waals surface area contributed by atoms with Gasteiger partial charge in [0, 0.05) is 32.2 Å². The molecule has 5 heteroatoms. The molecule has 1 aliphatic rings. The average molecular weight is 321 g/mol. The Labute approximate surface area is 138 Å². The Morgan fingerprint density at radius 3 is 2.70 bits per heavy atom. The molecule has 1 fully saturated rings. The number of amides is 2. The van der Waals surface area contributed by atoms with E-state index in [1.807, 2.05) is 17.9 Å². The van der Waals surface area contributed by atoms with E-state index in [1.54, 1.807) is 12.1 Å². The van der Waals surface area contributed by atoms with Crippen LogP contribution in [0.4, 0.5) is 9.18 Å². The van der Waals surface area contributed by atoms with Crippen molar-refractivity contribution in [2.45, 2.75) is 39.2 Å². The van der Waals surface area contributed by atoms with E-state index in [9.17, 15) is 9.18 Å². The quantitative estimate of drug-likeness (QED) is 0.874. The lowest BCUT2D eigenvalue weighted by Crippen LogP contribution is -2.53. The molecule has 23 heavy (non-hydrogen) atoms. The first-order chi connectivity index (χ1) is 11.1. The first-order valence-corrected chi connectivity index (χ1v) is 8.60. The van der Waals surface area contributed by atoms with Crippen molar-refractivity contribution < 1.29 is 9.18 Å². The lowest BCUT2D eigenvalue weighted by Gasteiger charge is -2.35. The summed E-state index contributed by atoms with van der Waals surface area (Å²) in [5, 5.41) is 3.02. The van der Waals surface area contributed by atoms with Gasteiger partial charge in [-0.2, -0.15) is 0 Å². The molecule has 4 nitrogen and oxygen atoms in total. The predicted molar refractivity (Wildman–Crippen MR) is 91.0 cm³/mol. The standard InChI is InChI=1S/C18H28FN3O/c1-3-15(2)20-18(23)22-12-10-21(11-13-22)9-5-7-16-6-4-8-17(19)14-16/h4,6,8,14-15H,3,5,7,9-13H2,1-2H3,(H,20,23). The van der Waals surface area contributed by atoms with Gasteiger partial charge in [-0.05, 0) is 50.4 Å². The van der Waals surface area contributed by atoms with Gasteiger partial charge in [-0.3, -0.25) is 4.90 Å². The molecule has 2 rings (SSSR count). The molecular formula is C18H28FN3O. The van der Waals surface area contributed by atoms with Crippen LogP contribution in [0, 0.1) is 5.82 Å². The highest BCUT2D eigenvalue weighted by molar-refractivity contribution is 5.74. The second kappa shape index (κ2) is 8.87. The predicted octanol–water partition coefficient (Wildman–Crippen LogP) is 2.88. The molecule has 1 aromatic carbocycles. The van der Waals surface area contributed by atoms with Gasteiger partial charge < -0.3 is 10.2 Å². The number of nitrogens with one attached hydrogen (secondary N) is 1. The SMILES string of the molecule is CCC(C)NC(=O)N1CCN(CCCc2cccc(F)c2)CC1. The van der Waals surface area contributed by atoms with Gasteiger partial charge in [0.2, 0.25) is 0 Å². The van der Waals surface area contributed by atoms with Crippen molar-refractivity contribution >= 4 is 6.03 Å². The van der Waals surface area contributed by atoms with Gasteiger partial charge in [0.15, 0.2) is 0 Å². The van der Waals surface area contributed by atoms with Crippen LogP contribution in [0.1, 0.15) is 32.3 Å². The largest absolute Gasteiger partial charge is 0.336 e. The zero-order valence-electron chi connectivity index (χ0n) is 14.2. The Bertz CT molecular complexity index is 501. The smallest absolute Gasteiger partial charge is 0.317 e. The van der Waals surface area contributed by atoms with Crippen molar-refractivity contribution in [1.82, 2.24) is 15.1 Å². The molecule has 0 spiro atoms. The maximum atomic E-state index is 13.1. The number of aryl methyl sites for hydroxylation is 1. The zero-order chi connectivity index (χ0) is 16.7. The normalized spacial score (nSPS) is 17.1. The van der Waals surface area contributed by atoms with Crippen LogP contribution in [0.5, 0.6) is 0 Å². The highest BCUT2D eigenvalue weighted by Gasteiger charge is 2.21. The number of nitrogens with zero attached hydrogens (tertiary/aromatic N) is 2. The Morgan fingerprint density at radius 2 is 2.04 bits per heavy atom. The average Bonchev–Trinajstić information content (AvgIpc) is 2.55. The van der Waals surface area contributed by atoms with Crippen molar-refractivity contribution in [3.05, 3.63) is 35.6 Å². The van der Waals surface area contributed by atoms with E-state index in [1.165, 1.54) is 6.07 Å². The van der Waals surface area contributed by atoms with E-state index in [0.29, 0.717) is 0 Å². The van der Waals surface area contributed by atoms with E-state index in [-0.39, 0.29) is 17.9 Å². The van der Waals surface area contributed by atoms with E-state index in [4.69, 9.17) is 0 Å². The third-order valence-corrected chi connectivity index (χ3v) is 4.47. The molecule has 0 saturated carbocycles. The van der Waals surface area contributed by atoms with Crippen molar-refractivity contribution in [2.24, 2.45) is 0 Å². The molecule has 2 amide bonds. The van der Waals surface area contributed by atoms with E-state index in [0.717, 1.165) is 57.5 Å². The highest BCUT2D eigenvalue weighted by Crippen LogP contribution is 2.08.